The molecular formula is C22H26N4O3. The maximum atomic E-state index is 13.0. The highest BCUT2D eigenvalue weighted by atomic mass is 16.2. The maximum absolute atomic E-state index is 13.0. The zero-order valence-corrected chi connectivity index (χ0v) is 16.2. The van der Waals surface area contributed by atoms with Crippen LogP contribution >= 0.6 is 0 Å². The van der Waals surface area contributed by atoms with Gasteiger partial charge in [-0.3, -0.25) is 9.59 Å². The van der Waals surface area contributed by atoms with Crippen molar-refractivity contribution in [3.8, 4) is 0 Å². The number of nitrogens with two attached hydrogens (primary N) is 1. The topological polar surface area (TPSA) is 113 Å². The summed E-state index contributed by atoms with van der Waals surface area (Å²) in [7, 11) is 0. The third kappa shape index (κ3) is 5.57. The molecule has 152 valence electrons. The van der Waals surface area contributed by atoms with Gasteiger partial charge in [0.2, 0.25) is 11.8 Å². The van der Waals surface area contributed by atoms with Crippen molar-refractivity contribution in [1.29, 1.82) is 0 Å². The van der Waals surface area contributed by atoms with Crippen molar-refractivity contribution in [1.82, 2.24) is 10.6 Å². The van der Waals surface area contributed by atoms with Crippen molar-refractivity contribution in [2.24, 2.45) is 5.73 Å². The fourth-order valence-electron chi connectivity index (χ4n) is 3.58. The lowest BCUT2D eigenvalue weighted by atomic mass is 9.96. The second kappa shape index (κ2) is 9.23. The predicted molar refractivity (Wildman–Crippen MR) is 111 cm³/mol. The minimum Gasteiger partial charge on any atom is -0.369 e. The van der Waals surface area contributed by atoms with Crippen molar-refractivity contribution >= 4 is 23.5 Å². The molecule has 1 saturated carbocycles. The molecule has 0 heterocycles. The van der Waals surface area contributed by atoms with Gasteiger partial charge in [-0.15, -0.1) is 0 Å². The van der Waals surface area contributed by atoms with Crippen LogP contribution in [0.5, 0.6) is 0 Å². The molecule has 3 rings (SSSR count). The number of anilines is 1. The molecule has 0 spiro atoms. The van der Waals surface area contributed by atoms with Gasteiger partial charge in [-0.25, -0.2) is 4.79 Å². The van der Waals surface area contributed by atoms with Crippen LogP contribution in [0.1, 0.15) is 36.8 Å². The summed E-state index contributed by atoms with van der Waals surface area (Å²) in [5.41, 5.74) is 6.66. The van der Waals surface area contributed by atoms with Gasteiger partial charge in [0.15, 0.2) is 0 Å². The summed E-state index contributed by atoms with van der Waals surface area (Å²) in [5, 5.41) is 8.60. The lowest BCUT2D eigenvalue weighted by Gasteiger charge is -2.29. The standard InChI is InChI=1S/C22H26N4O3/c23-19(27)14-16-8-10-18(11-9-16)25-20(28)22(12-4-5-13-22)26-21(29)24-15-17-6-2-1-3-7-17/h1-3,6-11H,4-5,12-15H2,(H2,23,27)(H,25,28)(H2,24,26,29). The molecule has 2 aromatic carbocycles. The Morgan fingerprint density at radius 3 is 2.17 bits per heavy atom. The number of primary amides is 1. The Bertz CT molecular complexity index is 859. The van der Waals surface area contributed by atoms with Gasteiger partial charge >= 0.3 is 6.03 Å². The summed E-state index contributed by atoms with van der Waals surface area (Å²) in [6.45, 7) is 0.395. The van der Waals surface area contributed by atoms with E-state index in [0.29, 0.717) is 25.1 Å². The lowest BCUT2D eigenvalue weighted by Crippen LogP contribution is -2.57. The quantitative estimate of drug-likeness (QED) is 0.578. The highest BCUT2D eigenvalue weighted by Crippen LogP contribution is 2.31. The van der Waals surface area contributed by atoms with E-state index in [1.165, 1.54) is 0 Å². The van der Waals surface area contributed by atoms with Crippen molar-refractivity contribution in [2.45, 2.75) is 44.2 Å². The summed E-state index contributed by atoms with van der Waals surface area (Å²) < 4.78 is 0. The lowest BCUT2D eigenvalue weighted by molar-refractivity contribution is -0.122. The van der Waals surface area contributed by atoms with Crippen LogP contribution in [0, 0.1) is 0 Å². The third-order valence-corrected chi connectivity index (χ3v) is 5.13. The van der Waals surface area contributed by atoms with Crippen LogP contribution in [0.4, 0.5) is 10.5 Å². The monoisotopic (exact) mass is 394 g/mol. The van der Waals surface area contributed by atoms with E-state index in [1.807, 2.05) is 30.3 Å². The van der Waals surface area contributed by atoms with Gasteiger partial charge in [0, 0.05) is 12.2 Å². The van der Waals surface area contributed by atoms with Gasteiger partial charge in [0.25, 0.3) is 0 Å². The maximum Gasteiger partial charge on any atom is 0.315 e. The van der Waals surface area contributed by atoms with Crippen LogP contribution in [0.25, 0.3) is 0 Å². The Hall–Kier alpha value is -3.35. The highest BCUT2D eigenvalue weighted by Gasteiger charge is 2.42. The number of benzene rings is 2. The van der Waals surface area contributed by atoms with Crippen molar-refractivity contribution in [2.75, 3.05) is 5.32 Å². The van der Waals surface area contributed by atoms with E-state index in [4.69, 9.17) is 5.73 Å². The van der Waals surface area contributed by atoms with E-state index in [9.17, 15) is 14.4 Å². The normalized spacial score (nSPS) is 14.8. The van der Waals surface area contributed by atoms with Crippen LogP contribution in [0.15, 0.2) is 54.6 Å². The molecule has 5 N–H and O–H groups in total. The van der Waals surface area contributed by atoms with Crippen LogP contribution in [0.2, 0.25) is 0 Å². The minimum atomic E-state index is -0.924. The zero-order chi connectivity index (χ0) is 20.7. The molecule has 7 nitrogen and oxygen atoms in total. The molecule has 1 fully saturated rings. The fourth-order valence-corrected chi connectivity index (χ4v) is 3.58. The molecule has 4 amide bonds. The molecule has 29 heavy (non-hydrogen) atoms. The van der Waals surface area contributed by atoms with Crippen molar-refractivity contribution < 1.29 is 14.4 Å². The summed E-state index contributed by atoms with van der Waals surface area (Å²) in [6, 6.07) is 16.2. The highest BCUT2D eigenvalue weighted by molar-refractivity contribution is 6.00. The molecule has 7 heteroatoms. The van der Waals surface area contributed by atoms with Gasteiger partial charge < -0.3 is 21.7 Å². The van der Waals surface area contributed by atoms with E-state index in [1.54, 1.807) is 24.3 Å². The van der Waals surface area contributed by atoms with Crippen LogP contribution < -0.4 is 21.7 Å². The summed E-state index contributed by atoms with van der Waals surface area (Å²) >= 11 is 0. The first-order valence-electron chi connectivity index (χ1n) is 9.75. The molecule has 1 aliphatic carbocycles. The van der Waals surface area contributed by atoms with Crippen LogP contribution in [-0.2, 0) is 22.6 Å². The van der Waals surface area contributed by atoms with E-state index in [2.05, 4.69) is 16.0 Å². The smallest absolute Gasteiger partial charge is 0.315 e. The van der Waals surface area contributed by atoms with E-state index < -0.39 is 11.4 Å². The molecule has 1 aliphatic rings. The Balaban J connectivity index is 1.60. The van der Waals surface area contributed by atoms with Crippen LogP contribution in [-0.4, -0.2) is 23.4 Å². The van der Waals surface area contributed by atoms with Gasteiger partial charge in [-0.05, 0) is 36.1 Å². The first kappa shape index (κ1) is 20.4. The van der Waals surface area contributed by atoms with E-state index >= 15 is 0 Å². The molecule has 0 saturated heterocycles. The Morgan fingerprint density at radius 1 is 0.897 bits per heavy atom. The molecule has 0 radical (unpaired) electrons. The molecule has 2 aromatic rings. The average Bonchev–Trinajstić information content (AvgIpc) is 3.18. The van der Waals surface area contributed by atoms with Crippen LogP contribution in [0.3, 0.4) is 0 Å². The Labute approximate surface area is 170 Å². The van der Waals surface area contributed by atoms with Crippen molar-refractivity contribution in [3.05, 3.63) is 65.7 Å². The van der Waals surface area contributed by atoms with Gasteiger partial charge in [0.05, 0.1) is 6.42 Å². The molecule has 0 bridgehead atoms. The van der Waals surface area contributed by atoms with E-state index in [0.717, 1.165) is 24.0 Å². The molecule has 0 unspecified atom stereocenters. The first-order valence-corrected chi connectivity index (χ1v) is 9.75. The number of hydrogen-bond donors (Lipinski definition) is 4. The number of nitrogens with one attached hydrogen (secondary N) is 3. The van der Waals surface area contributed by atoms with Gasteiger partial charge in [0.1, 0.15) is 5.54 Å². The SMILES string of the molecule is NC(=O)Cc1ccc(NC(=O)C2(NC(=O)NCc3ccccc3)CCCC2)cc1. The minimum absolute atomic E-state index is 0.154. The second-order valence-corrected chi connectivity index (χ2v) is 7.38. The molecule has 0 aliphatic heterocycles. The summed E-state index contributed by atoms with van der Waals surface area (Å²) in [6.07, 6.45) is 3.10. The predicted octanol–water partition coefficient (Wildman–Crippen LogP) is 2.47. The summed E-state index contributed by atoms with van der Waals surface area (Å²) in [5.74, 6) is -0.634. The first-order chi connectivity index (χ1) is 14.0. The third-order valence-electron chi connectivity index (χ3n) is 5.13. The number of carbonyl (C=O) groups excluding carboxylic acids is 3. The Kier molecular flexibility index (Phi) is 6.49. The number of amides is 4. The van der Waals surface area contributed by atoms with Gasteiger partial charge in [-0.2, -0.15) is 0 Å². The summed E-state index contributed by atoms with van der Waals surface area (Å²) in [4.78, 5) is 36.4. The zero-order valence-electron chi connectivity index (χ0n) is 16.2. The molecule has 0 aromatic heterocycles. The number of carbonyl (C=O) groups is 3. The largest absolute Gasteiger partial charge is 0.369 e. The van der Waals surface area contributed by atoms with E-state index in [-0.39, 0.29) is 18.4 Å². The number of rotatable bonds is 7. The fraction of sp³-hybridized carbons (Fsp3) is 0.318. The number of urea groups is 1. The average molecular weight is 394 g/mol. The number of hydrogen-bond acceptors (Lipinski definition) is 3. The molecule has 0 atom stereocenters. The van der Waals surface area contributed by atoms with Crippen molar-refractivity contribution in [3.63, 3.8) is 0 Å². The molecular weight excluding hydrogens is 368 g/mol. The van der Waals surface area contributed by atoms with Gasteiger partial charge in [-0.1, -0.05) is 55.3 Å². The Morgan fingerprint density at radius 2 is 1.55 bits per heavy atom. The second-order valence-electron chi connectivity index (χ2n) is 7.38.